The third kappa shape index (κ3) is 8.05. The van der Waals surface area contributed by atoms with Crippen LogP contribution in [0.4, 0.5) is 0 Å². The van der Waals surface area contributed by atoms with Crippen LogP contribution in [0.1, 0.15) is 99.3 Å². The Hall–Kier alpha value is -4.04. The lowest BCUT2D eigenvalue weighted by molar-refractivity contribution is -0.160. The molecule has 1 aromatic carbocycles. The number of hydrogen-bond donors (Lipinski definition) is 1. The monoisotopic (exact) mass is 809 g/mol. The van der Waals surface area contributed by atoms with Crippen LogP contribution in [-0.2, 0) is 33.9 Å². The summed E-state index contributed by atoms with van der Waals surface area (Å²) < 4.78 is 41.9. The summed E-state index contributed by atoms with van der Waals surface area (Å²) in [5.41, 5.74) is -1.29. The molecule has 2 aliphatic carbocycles. The molecule has 2 amide bonds. The summed E-state index contributed by atoms with van der Waals surface area (Å²) in [4.78, 5) is 67.5. The van der Waals surface area contributed by atoms with E-state index in [4.69, 9.17) is 21.1 Å². The van der Waals surface area contributed by atoms with E-state index in [1.165, 1.54) is 4.90 Å². The van der Waals surface area contributed by atoms with Gasteiger partial charge in [-0.3, -0.25) is 28.3 Å². The Morgan fingerprint density at radius 2 is 1.88 bits per heavy atom. The number of sulfonamides is 1. The van der Waals surface area contributed by atoms with E-state index in [1.54, 1.807) is 52.2 Å². The van der Waals surface area contributed by atoms with Crippen molar-refractivity contribution in [3.05, 3.63) is 47.8 Å². The average molecular weight is 810 g/mol. The molecule has 1 N–H and O–H groups in total. The molecule has 2 aromatic heterocycles. The van der Waals surface area contributed by atoms with Crippen molar-refractivity contribution in [2.24, 2.45) is 29.1 Å². The number of carbonyl (C=O) groups excluding carboxylic acids is 4. The third-order valence-corrected chi connectivity index (χ3v) is 14.5. The molecule has 4 aliphatic rings. The van der Waals surface area contributed by atoms with E-state index in [0.29, 0.717) is 48.3 Å². The molecule has 0 spiro atoms. The van der Waals surface area contributed by atoms with E-state index in [-0.39, 0.29) is 61.1 Å². The summed E-state index contributed by atoms with van der Waals surface area (Å²) >= 11 is 6.42. The maximum atomic E-state index is 14.9. The lowest BCUT2D eigenvalue weighted by atomic mass is 9.82. The van der Waals surface area contributed by atoms with E-state index >= 15 is 0 Å². The Labute approximate surface area is 333 Å². The first-order chi connectivity index (χ1) is 26.3. The molecule has 4 heterocycles. The number of esters is 1. The zero-order valence-electron chi connectivity index (χ0n) is 32.9. The van der Waals surface area contributed by atoms with Gasteiger partial charge in [-0.25, -0.2) is 13.4 Å². The zero-order valence-corrected chi connectivity index (χ0v) is 34.5. The third-order valence-electron chi connectivity index (χ3n) is 12.2. The number of rotatable bonds is 7. The quantitative estimate of drug-likeness (QED) is 0.214. The van der Waals surface area contributed by atoms with Gasteiger partial charge in [0.1, 0.15) is 11.7 Å². The minimum Gasteiger partial charge on any atom is -0.472 e. The Morgan fingerprint density at radius 1 is 1.12 bits per heavy atom. The van der Waals surface area contributed by atoms with E-state index in [0.717, 1.165) is 11.9 Å². The molecular weight excluding hydrogens is 758 g/mol. The summed E-state index contributed by atoms with van der Waals surface area (Å²) in [6.07, 6.45) is 9.71. The molecule has 13 nitrogen and oxygen atoms in total. The molecule has 0 radical (unpaired) electrons. The SMILES string of the molecule is C[C@H]1CC/C=C\[C@@H]2C[C@@]2(C(=O)NS(=O)(=O)C2(C)CC2)CC(=O)[C@@H]2C[C@@H](Oc3nc4nccn4c4ccc(Cl)cc34)CN2C(=O)[C@@H](CC(=O)OC(C)(C)C)[C@H](C)C1. The number of benzene rings is 1. The number of nitrogens with zero attached hydrogens (tertiary/aromatic N) is 4. The molecule has 3 aromatic rings. The van der Waals surface area contributed by atoms with Crippen molar-refractivity contribution < 1.29 is 37.1 Å². The van der Waals surface area contributed by atoms with Crippen molar-refractivity contribution in [1.82, 2.24) is 24.0 Å². The molecule has 1 saturated heterocycles. The number of ketones is 1. The topological polar surface area (TPSA) is 166 Å². The minimum atomic E-state index is -3.96. The van der Waals surface area contributed by atoms with Gasteiger partial charge in [-0.1, -0.05) is 37.6 Å². The number of allylic oxidation sites excluding steroid dienone is 2. The fraction of sp³-hybridized carbons (Fsp3) is 0.610. The highest BCUT2D eigenvalue weighted by atomic mass is 35.5. The average Bonchev–Trinajstić information content (AvgIpc) is 3.89. The van der Waals surface area contributed by atoms with Crippen molar-refractivity contribution in [1.29, 1.82) is 0 Å². The van der Waals surface area contributed by atoms with Crippen LogP contribution >= 0.6 is 11.6 Å². The van der Waals surface area contributed by atoms with Gasteiger partial charge in [-0.2, -0.15) is 4.98 Å². The smallest absolute Gasteiger partial charge is 0.307 e. The van der Waals surface area contributed by atoms with Gasteiger partial charge in [-0.15, -0.1) is 0 Å². The summed E-state index contributed by atoms with van der Waals surface area (Å²) in [7, 11) is -3.96. The highest BCUT2D eigenvalue weighted by Gasteiger charge is 2.62. The van der Waals surface area contributed by atoms with Crippen molar-refractivity contribution in [2.75, 3.05) is 6.54 Å². The van der Waals surface area contributed by atoms with Crippen LogP contribution < -0.4 is 9.46 Å². The van der Waals surface area contributed by atoms with E-state index < -0.39 is 55.7 Å². The Kier molecular flexibility index (Phi) is 10.6. The number of nitrogens with one attached hydrogen (secondary N) is 1. The van der Waals surface area contributed by atoms with E-state index in [1.807, 2.05) is 29.5 Å². The molecule has 0 bridgehead atoms. The highest BCUT2D eigenvalue weighted by molar-refractivity contribution is 7.91. The van der Waals surface area contributed by atoms with Crippen LogP contribution in [-0.4, -0.2) is 80.3 Å². The van der Waals surface area contributed by atoms with Gasteiger partial charge >= 0.3 is 5.97 Å². The van der Waals surface area contributed by atoms with Crippen LogP contribution in [0.3, 0.4) is 0 Å². The molecular formula is C41H52ClN5O8S. The number of fused-ring (bicyclic) bond motifs is 5. The van der Waals surface area contributed by atoms with E-state index in [2.05, 4.69) is 21.6 Å². The number of Topliss-reactive ketones (excluding diaryl/α,β-unsaturated/α-hetero) is 1. The largest absolute Gasteiger partial charge is 0.472 e. The number of imidazole rings is 1. The number of halogens is 1. The number of aromatic nitrogens is 3. The van der Waals surface area contributed by atoms with Crippen molar-refractivity contribution >= 4 is 61.9 Å². The summed E-state index contributed by atoms with van der Waals surface area (Å²) in [6, 6.07) is 4.32. The molecule has 302 valence electrons. The van der Waals surface area contributed by atoms with Gasteiger partial charge in [0, 0.05) is 30.3 Å². The van der Waals surface area contributed by atoms with Gasteiger partial charge in [0.2, 0.25) is 33.5 Å². The number of hydrogen-bond acceptors (Lipinski definition) is 10. The molecule has 2 aliphatic heterocycles. The molecule has 56 heavy (non-hydrogen) atoms. The molecule has 7 rings (SSSR count). The first-order valence-electron chi connectivity index (χ1n) is 19.7. The first-order valence-corrected chi connectivity index (χ1v) is 21.5. The van der Waals surface area contributed by atoms with Gasteiger partial charge in [0.15, 0.2) is 5.78 Å². The highest BCUT2D eigenvalue weighted by Crippen LogP contribution is 2.57. The Balaban J connectivity index is 1.25. The lowest BCUT2D eigenvalue weighted by Crippen LogP contribution is -2.48. The normalized spacial score (nSPS) is 30.2. The fourth-order valence-electron chi connectivity index (χ4n) is 8.50. The standard InChI is InChI=1S/C41H52ClN5O8S/c1-24-9-7-8-10-26-21-41(26,37(51)45-56(52,53)40(6)13-14-40)22-33(48)32-19-28(23-47(32)36(50)29(25(2)17-24)20-34(49)55-39(3,4)5)54-35-30-18-27(42)11-12-31(30)46-16-15-43-38(46)44-35/h8,10-12,15-16,18,24-26,28-29,32H,7,9,13-14,17,19-23H2,1-6H3,(H,45,51)/b10-8-/t24-,25+,26+,28+,29-,32-,41+/m0/s1. The lowest BCUT2D eigenvalue weighted by Gasteiger charge is -2.32. The molecule has 7 atom stereocenters. The second-order valence-corrected chi connectivity index (χ2v) is 20.5. The molecule has 3 fully saturated rings. The zero-order chi connectivity index (χ0) is 40.4. The second-order valence-electron chi connectivity index (χ2n) is 17.9. The molecule has 0 unspecified atom stereocenters. The first kappa shape index (κ1) is 40.2. The molecule has 15 heteroatoms. The summed E-state index contributed by atoms with van der Waals surface area (Å²) in [6.45, 7) is 11.0. The summed E-state index contributed by atoms with van der Waals surface area (Å²) in [5.74, 6) is -2.47. The van der Waals surface area contributed by atoms with Gasteiger partial charge in [-0.05, 0) is 102 Å². The number of amides is 2. The van der Waals surface area contributed by atoms with Crippen LogP contribution in [0.15, 0.2) is 42.7 Å². The van der Waals surface area contributed by atoms with Crippen LogP contribution in [0.25, 0.3) is 16.7 Å². The minimum absolute atomic E-state index is 0.0148. The Bertz CT molecular complexity index is 2210. The predicted molar refractivity (Wildman–Crippen MR) is 210 cm³/mol. The van der Waals surface area contributed by atoms with Crippen LogP contribution in [0, 0.1) is 29.1 Å². The predicted octanol–water partition coefficient (Wildman–Crippen LogP) is 6.21. The van der Waals surface area contributed by atoms with Crippen LogP contribution in [0.5, 0.6) is 5.88 Å². The molecule has 2 saturated carbocycles. The summed E-state index contributed by atoms with van der Waals surface area (Å²) in [5, 5.41) is 1.08. The Morgan fingerprint density at radius 3 is 2.59 bits per heavy atom. The van der Waals surface area contributed by atoms with Crippen molar-refractivity contribution in [2.45, 2.75) is 122 Å². The number of ether oxygens (including phenoxy) is 2. The second kappa shape index (κ2) is 14.7. The van der Waals surface area contributed by atoms with Gasteiger partial charge in [0.25, 0.3) is 0 Å². The van der Waals surface area contributed by atoms with Crippen molar-refractivity contribution in [3.8, 4) is 5.88 Å². The van der Waals surface area contributed by atoms with Gasteiger partial charge < -0.3 is 14.4 Å². The fourth-order valence-corrected chi connectivity index (χ4v) is 10.0. The van der Waals surface area contributed by atoms with Crippen molar-refractivity contribution in [3.63, 3.8) is 0 Å². The van der Waals surface area contributed by atoms with E-state index in [9.17, 15) is 27.6 Å². The number of carbonyl (C=O) groups is 4. The van der Waals surface area contributed by atoms with Gasteiger partial charge in [0.05, 0.1) is 46.0 Å². The maximum Gasteiger partial charge on any atom is 0.307 e. The maximum absolute atomic E-state index is 14.9. The van der Waals surface area contributed by atoms with Crippen LogP contribution in [0.2, 0.25) is 5.02 Å².